The summed E-state index contributed by atoms with van der Waals surface area (Å²) in [6.45, 7) is 4.01. The van der Waals surface area contributed by atoms with Gasteiger partial charge in [-0.1, -0.05) is 6.92 Å². The lowest BCUT2D eigenvalue weighted by Crippen LogP contribution is -2.61. The maximum Gasteiger partial charge on any atom is 0.335 e. The quantitative estimate of drug-likeness (QED) is 0.409. The molecule has 0 saturated carbocycles. The first-order valence-electron chi connectivity index (χ1n) is 10.3. The molecule has 1 spiro atoms. The van der Waals surface area contributed by atoms with Crippen molar-refractivity contribution in [3.8, 4) is 0 Å². The van der Waals surface area contributed by atoms with E-state index in [9.17, 15) is 9.59 Å². The molecule has 4 heterocycles. The largest absolute Gasteiger partial charge is 0.493 e. The Balaban J connectivity index is 1.63. The second kappa shape index (κ2) is 5.46. The molecule has 7 heteroatoms. The predicted octanol–water partition coefficient (Wildman–Crippen LogP) is 1.55. The van der Waals surface area contributed by atoms with E-state index in [0.29, 0.717) is 12.0 Å². The number of allylic oxidation sites excluding steroid dienone is 2. The molecule has 0 aromatic carbocycles. The minimum Gasteiger partial charge on any atom is -0.493 e. The zero-order chi connectivity index (χ0) is 20.1. The standard InChI is InChI=1S/C22H24N2O5/c1-4-21-9-11(19(26)28-3)17-22(5-6-24(20(21)22)10-16-18(21)29-16)12-7-14(25)15(27-2)8-13(12)23-17/h7-8,16,18,20H,4-6,9-10H2,1-3H3. The van der Waals surface area contributed by atoms with Gasteiger partial charge in [0.1, 0.15) is 0 Å². The Morgan fingerprint density at radius 3 is 2.93 bits per heavy atom. The van der Waals surface area contributed by atoms with Gasteiger partial charge in [0.25, 0.3) is 0 Å². The lowest BCUT2D eigenvalue weighted by Gasteiger charge is -2.54. The van der Waals surface area contributed by atoms with Crippen molar-refractivity contribution in [2.75, 3.05) is 27.3 Å². The maximum atomic E-state index is 12.9. The summed E-state index contributed by atoms with van der Waals surface area (Å²) < 4.78 is 16.6. The Kier molecular flexibility index (Phi) is 3.31. The molecule has 6 aliphatic rings. The van der Waals surface area contributed by atoms with Crippen LogP contribution in [0.15, 0.2) is 39.7 Å². The van der Waals surface area contributed by atoms with Crippen molar-refractivity contribution < 1.29 is 23.8 Å². The van der Waals surface area contributed by atoms with E-state index < -0.39 is 5.41 Å². The fourth-order valence-corrected chi connectivity index (χ4v) is 6.92. The number of ketones is 1. The Morgan fingerprint density at radius 2 is 2.21 bits per heavy atom. The summed E-state index contributed by atoms with van der Waals surface area (Å²) in [5.74, 6) is -0.175. The smallest absolute Gasteiger partial charge is 0.335 e. The normalized spacial score (nSPS) is 41.6. The van der Waals surface area contributed by atoms with Gasteiger partial charge in [-0.25, -0.2) is 4.79 Å². The first-order valence-corrected chi connectivity index (χ1v) is 10.3. The van der Waals surface area contributed by atoms with E-state index in [1.165, 1.54) is 14.2 Å². The van der Waals surface area contributed by atoms with E-state index in [0.717, 1.165) is 42.9 Å². The fraction of sp³-hybridized carbons (Fsp3) is 0.591. The van der Waals surface area contributed by atoms with Gasteiger partial charge in [-0.15, -0.1) is 0 Å². The van der Waals surface area contributed by atoms with Crippen molar-refractivity contribution in [2.24, 2.45) is 15.8 Å². The van der Waals surface area contributed by atoms with Gasteiger partial charge in [-0.3, -0.25) is 14.7 Å². The highest BCUT2D eigenvalue weighted by Gasteiger charge is 2.74. The molecule has 0 amide bonds. The van der Waals surface area contributed by atoms with Crippen molar-refractivity contribution in [3.63, 3.8) is 0 Å². The highest BCUT2D eigenvalue weighted by atomic mass is 16.6. The van der Waals surface area contributed by atoms with Crippen LogP contribution in [0.2, 0.25) is 0 Å². The molecule has 2 aliphatic carbocycles. The number of nitrogens with zero attached hydrogens (tertiary/aromatic N) is 2. The lowest BCUT2D eigenvalue weighted by atomic mass is 9.52. The van der Waals surface area contributed by atoms with E-state index in [2.05, 4.69) is 11.8 Å². The molecule has 4 aliphatic heterocycles. The molecule has 152 valence electrons. The second-order valence-corrected chi connectivity index (χ2v) is 8.93. The number of carbonyl (C=O) groups excluding carboxylic acids is 2. The van der Waals surface area contributed by atoms with Crippen LogP contribution in [0, 0.1) is 10.8 Å². The number of hydrogen-bond donors (Lipinski definition) is 0. The molecule has 7 nitrogen and oxygen atoms in total. The van der Waals surface area contributed by atoms with Crippen LogP contribution < -0.4 is 0 Å². The molecule has 0 aromatic rings. The molecular weight excluding hydrogens is 372 g/mol. The summed E-state index contributed by atoms with van der Waals surface area (Å²) in [5.41, 5.74) is 2.48. The summed E-state index contributed by atoms with van der Waals surface area (Å²) in [6.07, 6.45) is 6.16. The zero-order valence-electron chi connectivity index (χ0n) is 16.9. The van der Waals surface area contributed by atoms with Crippen molar-refractivity contribution in [2.45, 2.75) is 44.4 Å². The van der Waals surface area contributed by atoms with Crippen LogP contribution in [0.5, 0.6) is 0 Å². The molecule has 6 rings (SSSR count). The lowest BCUT2D eigenvalue weighted by molar-refractivity contribution is -0.137. The molecule has 0 aromatic heterocycles. The first kappa shape index (κ1) is 17.6. The van der Waals surface area contributed by atoms with Gasteiger partial charge >= 0.3 is 5.97 Å². The van der Waals surface area contributed by atoms with Gasteiger partial charge < -0.3 is 14.2 Å². The van der Waals surface area contributed by atoms with E-state index in [-0.39, 0.29) is 41.2 Å². The average Bonchev–Trinajstić information content (AvgIpc) is 3.33. The van der Waals surface area contributed by atoms with Crippen LogP contribution in [0.3, 0.4) is 0 Å². The summed E-state index contributed by atoms with van der Waals surface area (Å²) in [4.78, 5) is 33.0. The third kappa shape index (κ3) is 1.89. The number of ether oxygens (including phenoxy) is 3. The number of methoxy groups -OCH3 is 2. The van der Waals surface area contributed by atoms with E-state index in [1.807, 2.05) is 0 Å². The van der Waals surface area contributed by atoms with E-state index in [1.54, 1.807) is 12.2 Å². The van der Waals surface area contributed by atoms with Gasteiger partial charge in [0.2, 0.25) is 5.78 Å². The molecule has 0 N–H and O–H groups in total. The van der Waals surface area contributed by atoms with Gasteiger partial charge in [-0.2, -0.15) is 0 Å². The number of esters is 1. The summed E-state index contributed by atoms with van der Waals surface area (Å²) in [7, 11) is 2.92. The second-order valence-electron chi connectivity index (χ2n) is 8.93. The number of fused-ring (bicyclic) bond motifs is 3. The molecule has 0 radical (unpaired) electrons. The Bertz CT molecular complexity index is 991. The van der Waals surface area contributed by atoms with Gasteiger partial charge in [-0.05, 0) is 37.5 Å². The molecule has 5 unspecified atom stereocenters. The number of piperidine rings is 1. The molecule has 0 bridgehead atoms. The van der Waals surface area contributed by atoms with Crippen molar-refractivity contribution >= 4 is 17.5 Å². The number of hydrogen-bond acceptors (Lipinski definition) is 7. The van der Waals surface area contributed by atoms with Crippen LogP contribution in [-0.4, -0.2) is 67.9 Å². The molecule has 3 saturated heterocycles. The first-order chi connectivity index (χ1) is 14.0. The maximum absolute atomic E-state index is 12.9. The van der Waals surface area contributed by atoms with Gasteiger partial charge in [0.15, 0.2) is 5.76 Å². The highest BCUT2D eigenvalue weighted by molar-refractivity contribution is 6.24. The molecular formula is C22H24N2O5. The highest BCUT2D eigenvalue weighted by Crippen LogP contribution is 2.69. The predicted molar refractivity (Wildman–Crippen MR) is 103 cm³/mol. The third-order valence-corrected chi connectivity index (χ3v) is 8.03. The topological polar surface area (TPSA) is 80.7 Å². The Morgan fingerprint density at radius 1 is 1.38 bits per heavy atom. The number of rotatable bonds is 3. The number of aliphatic imine (C=N–C) groups is 1. The Labute approximate surface area is 169 Å². The number of epoxide rings is 1. The third-order valence-electron chi connectivity index (χ3n) is 8.03. The summed E-state index contributed by atoms with van der Waals surface area (Å²) in [6, 6.07) is 0.171. The number of carbonyl (C=O) groups is 2. The van der Waals surface area contributed by atoms with Crippen LogP contribution in [-0.2, 0) is 23.8 Å². The van der Waals surface area contributed by atoms with Crippen molar-refractivity contribution in [1.82, 2.24) is 4.90 Å². The SMILES string of the molecule is CCC12CC(C(=O)OC)=C3N=C4C=C(OC)C(=O)C=C4C34CCN(CC3OC31)C42. The van der Waals surface area contributed by atoms with Crippen molar-refractivity contribution in [3.05, 3.63) is 34.8 Å². The summed E-state index contributed by atoms with van der Waals surface area (Å²) in [5, 5.41) is 0. The van der Waals surface area contributed by atoms with Gasteiger partial charge in [0.05, 0.1) is 48.8 Å². The minimum atomic E-state index is -0.463. The molecule has 29 heavy (non-hydrogen) atoms. The van der Waals surface area contributed by atoms with Crippen molar-refractivity contribution in [1.29, 1.82) is 0 Å². The summed E-state index contributed by atoms with van der Waals surface area (Å²) >= 11 is 0. The Hall–Kier alpha value is -2.25. The minimum absolute atomic E-state index is 0.140. The average molecular weight is 396 g/mol. The van der Waals surface area contributed by atoms with Gasteiger partial charge in [0, 0.05) is 24.1 Å². The van der Waals surface area contributed by atoms with E-state index >= 15 is 0 Å². The molecule has 5 atom stereocenters. The van der Waals surface area contributed by atoms with E-state index in [4.69, 9.17) is 19.2 Å². The zero-order valence-corrected chi connectivity index (χ0v) is 16.9. The van der Waals surface area contributed by atoms with Crippen LogP contribution in [0.4, 0.5) is 0 Å². The van der Waals surface area contributed by atoms with Crippen LogP contribution in [0.1, 0.15) is 26.2 Å². The van der Waals surface area contributed by atoms with Crippen LogP contribution >= 0.6 is 0 Å². The van der Waals surface area contributed by atoms with Crippen LogP contribution in [0.25, 0.3) is 0 Å². The fourth-order valence-electron chi connectivity index (χ4n) is 6.92. The monoisotopic (exact) mass is 396 g/mol. The molecule has 3 fully saturated rings.